The maximum atomic E-state index is 12.6. The summed E-state index contributed by atoms with van der Waals surface area (Å²) in [6, 6.07) is 0. The number of unbranched alkanes of at least 4 members (excludes halogenated alkanes) is 4. The van der Waals surface area contributed by atoms with Crippen LogP contribution in [0.4, 0.5) is 0 Å². The van der Waals surface area contributed by atoms with E-state index in [1.165, 1.54) is 20.2 Å². The number of ether oxygens (including phenoxy) is 4. The second-order valence-electron chi connectivity index (χ2n) is 11.9. The highest BCUT2D eigenvalue weighted by molar-refractivity contribution is 8.07. The Morgan fingerprint density at radius 1 is 1.00 bits per heavy atom. The molecule has 17 nitrogen and oxygen atoms in total. The SMILES string of the molecule is COP(O)(=S)O[C@@H]1C(OCCCCCCNC(=O)CCCCO[C@@H]2O[C@H](CO)[C@H](O)[C@H](O)[C@H]2C)[C@H](n2cc(C)c(=O)[nH]c2=O)O[C@@H]1CO. The lowest BCUT2D eigenvalue weighted by atomic mass is 9.92. The molecule has 0 aliphatic carbocycles. The average Bonchev–Trinajstić information content (AvgIpc) is 3.39. The molecule has 0 radical (unpaired) electrons. The van der Waals surface area contributed by atoms with E-state index in [1.54, 1.807) is 6.92 Å². The second-order valence-corrected chi connectivity index (χ2v) is 14.8. The number of nitrogens with one attached hydrogen (secondary N) is 2. The molecule has 2 fully saturated rings. The predicted octanol–water partition coefficient (Wildman–Crippen LogP) is -0.693. The molecule has 276 valence electrons. The van der Waals surface area contributed by atoms with Gasteiger partial charge < -0.3 is 54.1 Å². The van der Waals surface area contributed by atoms with Crippen LogP contribution in [0, 0.1) is 12.8 Å². The maximum Gasteiger partial charge on any atom is 0.330 e. The number of carbonyl (C=O) groups is 1. The van der Waals surface area contributed by atoms with Gasteiger partial charge in [-0.3, -0.25) is 23.7 Å². The molecular weight excluding hydrogens is 677 g/mol. The van der Waals surface area contributed by atoms with Crippen LogP contribution in [0.25, 0.3) is 0 Å². The lowest BCUT2D eigenvalue weighted by Crippen LogP contribution is -2.55. The Hall–Kier alpha value is -1.64. The van der Waals surface area contributed by atoms with Crippen molar-refractivity contribution >= 4 is 24.4 Å². The van der Waals surface area contributed by atoms with Gasteiger partial charge in [0.1, 0.15) is 30.5 Å². The molecule has 0 bridgehead atoms. The molecule has 7 N–H and O–H groups in total. The fourth-order valence-electron chi connectivity index (χ4n) is 5.47. The van der Waals surface area contributed by atoms with Crippen molar-refractivity contribution in [1.82, 2.24) is 14.9 Å². The molecule has 0 aromatic carbocycles. The third kappa shape index (κ3) is 11.4. The standard InChI is InChI=1S/C29H50N3O14PS/c1-17-14-32(29(39)31-26(17)38)27-25(24(20(16-34)44-27)46-47(40,48)41-3)42-12-8-5-4-7-11-30-21(35)10-6-9-13-43-28-18(2)22(36)23(37)19(15-33)45-28/h14,18-20,22-25,27-28,33-34,36-37H,4-13,15-16H2,1-3H3,(H,30,35)(H,40,48)(H,31,38,39)/t18-,19-,20-,22-,23+,24+,25?,27-,28-,47?/m1/s1. The highest BCUT2D eigenvalue weighted by atomic mass is 32.5. The molecule has 48 heavy (non-hydrogen) atoms. The first-order valence-corrected chi connectivity index (χ1v) is 18.7. The van der Waals surface area contributed by atoms with Crippen LogP contribution >= 0.6 is 6.72 Å². The molecule has 2 aliphatic heterocycles. The van der Waals surface area contributed by atoms with Crippen LogP contribution < -0.4 is 16.6 Å². The molecule has 1 aromatic rings. The largest absolute Gasteiger partial charge is 0.394 e. The Labute approximate surface area is 283 Å². The van der Waals surface area contributed by atoms with Crippen LogP contribution in [-0.4, -0.2) is 124 Å². The first kappa shape index (κ1) is 40.8. The maximum absolute atomic E-state index is 12.6. The van der Waals surface area contributed by atoms with Crippen LogP contribution in [0.1, 0.15) is 63.7 Å². The van der Waals surface area contributed by atoms with Gasteiger partial charge in [-0.25, -0.2) is 4.79 Å². The number of aliphatic hydroxyl groups is 4. The lowest BCUT2D eigenvalue weighted by molar-refractivity contribution is -0.282. The number of hydrogen-bond donors (Lipinski definition) is 7. The van der Waals surface area contributed by atoms with Gasteiger partial charge in [-0.2, -0.15) is 0 Å². The number of nitrogens with zero attached hydrogens (tertiary/aromatic N) is 1. The molecule has 2 unspecified atom stereocenters. The average molecular weight is 728 g/mol. The third-order valence-electron chi connectivity index (χ3n) is 8.34. The van der Waals surface area contributed by atoms with Gasteiger partial charge in [0.15, 0.2) is 12.5 Å². The van der Waals surface area contributed by atoms with Crippen LogP contribution in [0.5, 0.6) is 0 Å². The third-order valence-corrected chi connectivity index (χ3v) is 10.0. The lowest BCUT2D eigenvalue weighted by Gasteiger charge is -2.40. The Balaban J connectivity index is 1.36. The number of aryl methyl sites for hydroxylation is 1. The smallest absolute Gasteiger partial charge is 0.330 e. The number of H-pyrrole nitrogens is 1. The van der Waals surface area contributed by atoms with Gasteiger partial charge in [-0.05, 0) is 44.4 Å². The van der Waals surface area contributed by atoms with Gasteiger partial charge in [0.25, 0.3) is 5.56 Å². The molecule has 19 heteroatoms. The van der Waals surface area contributed by atoms with Gasteiger partial charge in [-0.1, -0.05) is 19.8 Å². The zero-order chi connectivity index (χ0) is 35.4. The van der Waals surface area contributed by atoms with Gasteiger partial charge in [0.05, 0.1) is 19.3 Å². The van der Waals surface area contributed by atoms with E-state index in [9.17, 15) is 39.7 Å². The summed E-state index contributed by atoms with van der Waals surface area (Å²) in [5.41, 5.74) is -1.03. The summed E-state index contributed by atoms with van der Waals surface area (Å²) < 4.78 is 34.8. The Morgan fingerprint density at radius 2 is 1.67 bits per heavy atom. The van der Waals surface area contributed by atoms with Crippen LogP contribution in [0.15, 0.2) is 15.8 Å². The fourth-order valence-corrected chi connectivity index (χ4v) is 6.42. The Bertz CT molecular complexity index is 1310. The van der Waals surface area contributed by atoms with Crippen LogP contribution in [-0.2, 0) is 44.6 Å². The molecule has 1 aromatic heterocycles. The number of hydrogen-bond acceptors (Lipinski definition) is 14. The highest BCUT2D eigenvalue weighted by Gasteiger charge is 2.49. The fraction of sp³-hybridized carbons (Fsp3) is 0.828. The molecule has 0 spiro atoms. The molecule has 2 aliphatic rings. The van der Waals surface area contributed by atoms with E-state index in [2.05, 4.69) is 10.3 Å². The van der Waals surface area contributed by atoms with Crippen molar-refractivity contribution in [2.24, 2.45) is 5.92 Å². The van der Waals surface area contributed by atoms with Gasteiger partial charge in [0.2, 0.25) is 5.91 Å². The highest BCUT2D eigenvalue weighted by Crippen LogP contribution is 2.48. The number of aromatic nitrogens is 2. The number of rotatable bonds is 20. The number of amides is 1. The van der Waals surface area contributed by atoms with E-state index < -0.39 is 86.2 Å². The Morgan fingerprint density at radius 3 is 2.35 bits per heavy atom. The summed E-state index contributed by atoms with van der Waals surface area (Å²) in [6.45, 7) is -0.406. The molecule has 3 heterocycles. The molecular formula is C29H50N3O14PS. The Kier molecular flexibility index (Phi) is 16.7. The van der Waals surface area contributed by atoms with E-state index in [1.807, 2.05) is 0 Å². The zero-order valence-corrected chi connectivity index (χ0v) is 29.2. The number of carbonyl (C=O) groups excluding carboxylic acids is 1. The van der Waals surface area contributed by atoms with Gasteiger partial charge >= 0.3 is 12.4 Å². The predicted molar refractivity (Wildman–Crippen MR) is 173 cm³/mol. The summed E-state index contributed by atoms with van der Waals surface area (Å²) in [5, 5.41) is 42.2. The molecule has 1 amide bonds. The zero-order valence-electron chi connectivity index (χ0n) is 27.5. The summed E-state index contributed by atoms with van der Waals surface area (Å²) >= 11 is 5.00. The van der Waals surface area contributed by atoms with Crippen molar-refractivity contribution in [2.75, 3.05) is 40.1 Å². The van der Waals surface area contributed by atoms with Crippen LogP contribution in [0.3, 0.4) is 0 Å². The summed E-state index contributed by atoms with van der Waals surface area (Å²) in [4.78, 5) is 49.3. The van der Waals surface area contributed by atoms with Crippen LogP contribution in [0.2, 0.25) is 0 Å². The minimum atomic E-state index is -3.70. The van der Waals surface area contributed by atoms with Gasteiger partial charge in [0, 0.05) is 51.0 Å². The molecule has 10 atom stereocenters. The topological polar surface area (TPSA) is 240 Å². The molecule has 2 saturated heterocycles. The quantitative estimate of drug-likeness (QED) is 0.0650. The van der Waals surface area contributed by atoms with E-state index >= 15 is 0 Å². The normalized spacial score (nSPS) is 30.3. The minimum absolute atomic E-state index is 0.0791. The van der Waals surface area contributed by atoms with E-state index in [0.29, 0.717) is 38.8 Å². The van der Waals surface area contributed by atoms with Gasteiger partial charge in [-0.15, -0.1) is 0 Å². The van der Waals surface area contributed by atoms with Crippen molar-refractivity contribution in [1.29, 1.82) is 0 Å². The van der Waals surface area contributed by atoms with Crippen molar-refractivity contribution in [2.45, 2.75) is 108 Å². The van der Waals surface area contributed by atoms with Crippen molar-refractivity contribution in [3.63, 3.8) is 0 Å². The number of aliphatic hydroxyl groups excluding tert-OH is 4. The summed E-state index contributed by atoms with van der Waals surface area (Å²) in [7, 11) is 1.19. The molecule has 0 saturated carbocycles. The monoisotopic (exact) mass is 727 g/mol. The van der Waals surface area contributed by atoms with E-state index in [4.69, 9.17) is 39.8 Å². The minimum Gasteiger partial charge on any atom is -0.394 e. The molecule has 3 rings (SSSR count). The van der Waals surface area contributed by atoms with Crippen molar-refractivity contribution in [3.8, 4) is 0 Å². The first-order chi connectivity index (χ1) is 22.8. The first-order valence-electron chi connectivity index (χ1n) is 16.1. The van der Waals surface area contributed by atoms with Crippen molar-refractivity contribution in [3.05, 3.63) is 32.6 Å². The second kappa shape index (κ2) is 19.7. The summed E-state index contributed by atoms with van der Waals surface area (Å²) in [6.07, 6.45) is -2.30. The van der Waals surface area contributed by atoms with E-state index in [-0.39, 0.29) is 18.1 Å². The van der Waals surface area contributed by atoms with Crippen molar-refractivity contribution < 1.29 is 58.1 Å². The van der Waals surface area contributed by atoms with E-state index in [0.717, 1.165) is 23.8 Å². The summed E-state index contributed by atoms with van der Waals surface area (Å²) in [5.74, 6) is -0.548. The number of aromatic amines is 1.